The molecule has 1 unspecified atom stereocenters. The molecule has 0 aliphatic carbocycles. The minimum Gasteiger partial charge on any atom is -0.389 e. The third kappa shape index (κ3) is 2.85. The van der Waals surface area contributed by atoms with E-state index in [0.29, 0.717) is 6.54 Å². The van der Waals surface area contributed by atoms with Gasteiger partial charge < -0.3 is 9.63 Å². The van der Waals surface area contributed by atoms with Crippen LogP contribution in [0.3, 0.4) is 0 Å². The second kappa shape index (κ2) is 4.79. The number of β-amino-alcohol motifs (C(OH)–C–C–N with tert-alkyl or cyclic N) is 1. The van der Waals surface area contributed by atoms with Crippen LogP contribution in [-0.2, 0) is 6.54 Å². The Morgan fingerprint density at radius 3 is 2.84 bits per heavy atom. The van der Waals surface area contributed by atoms with E-state index in [-0.39, 0.29) is 0 Å². The zero-order valence-corrected chi connectivity index (χ0v) is 11.0. The van der Waals surface area contributed by atoms with E-state index in [1.54, 1.807) is 0 Å². The Morgan fingerprint density at radius 2 is 2.16 bits per heavy atom. The van der Waals surface area contributed by atoms with Crippen LogP contribution < -0.4 is 0 Å². The van der Waals surface area contributed by atoms with Crippen molar-refractivity contribution in [1.82, 2.24) is 10.1 Å². The van der Waals surface area contributed by atoms with Crippen LogP contribution in [0.5, 0.6) is 0 Å². The number of rotatable bonds is 3. The number of hydrogen-bond acceptors (Lipinski definition) is 4. The van der Waals surface area contributed by atoms with Crippen LogP contribution in [0.15, 0.2) is 40.9 Å². The van der Waals surface area contributed by atoms with Crippen LogP contribution >= 0.6 is 0 Å². The number of benzene rings is 1. The second-order valence-corrected chi connectivity index (χ2v) is 5.51. The molecule has 1 aliphatic rings. The fraction of sp³-hybridized carbons (Fsp3) is 0.400. The molecule has 100 valence electrons. The molecule has 1 aromatic heterocycles. The number of aliphatic hydroxyl groups is 1. The third-order valence-corrected chi connectivity index (χ3v) is 3.53. The molecule has 19 heavy (non-hydrogen) atoms. The van der Waals surface area contributed by atoms with Crippen molar-refractivity contribution >= 4 is 0 Å². The molecule has 1 aromatic carbocycles. The maximum atomic E-state index is 9.94. The molecule has 0 spiro atoms. The molecule has 4 heteroatoms. The molecule has 0 radical (unpaired) electrons. The SMILES string of the molecule is CC1(O)CCN(Cc2cc(-c3ccccc3)on2)C1. The number of nitrogens with zero attached hydrogens (tertiary/aromatic N) is 2. The van der Waals surface area contributed by atoms with Gasteiger partial charge in [-0.05, 0) is 13.3 Å². The van der Waals surface area contributed by atoms with Gasteiger partial charge >= 0.3 is 0 Å². The van der Waals surface area contributed by atoms with E-state index in [0.717, 1.165) is 36.5 Å². The van der Waals surface area contributed by atoms with E-state index in [9.17, 15) is 5.11 Å². The van der Waals surface area contributed by atoms with E-state index in [4.69, 9.17) is 4.52 Å². The van der Waals surface area contributed by atoms with Gasteiger partial charge in [0.15, 0.2) is 5.76 Å². The molecule has 1 fully saturated rings. The molecule has 0 saturated carbocycles. The topological polar surface area (TPSA) is 49.5 Å². The predicted octanol–water partition coefficient (Wildman–Crippen LogP) is 2.30. The van der Waals surface area contributed by atoms with E-state index in [1.807, 2.05) is 43.3 Å². The number of hydrogen-bond donors (Lipinski definition) is 1. The molecule has 2 heterocycles. The highest BCUT2D eigenvalue weighted by Gasteiger charge is 2.31. The second-order valence-electron chi connectivity index (χ2n) is 5.51. The van der Waals surface area contributed by atoms with E-state index < -0.39 is 5.60 Å². The Bertz CT molecular complexity index is 548. The highest BCUT2D eigenvalue weighted by Crippen LogP contribution is 2.24. The van der Waals surface area contributed by atoms with Gasteiger partial charge in [-0.25, -0.2) is 0 Å². The minimum atomic E-state index is -0.563. The summed E-state index contributed by atoms with van der Waals surface area (Å²) in [5.74, 6) is 0.793. The number of aromatic nitrogens is 1. The highest BCUT2D eigenvalue weighted by molar-refractivity contribution is 5.56. The van der Waals surface area contributed by atoms with Gasteiger partial charge in [0.1, 0.15) is 0 Å². The van der Waals surface area contributed by atoms with Crippen LogP contribution in [0.25, 0.3) is 11.3 Å². The van der Waals surface area contributed by atoms with Crippen LogP contribution in [-0.4, -0.2) is 33.9 Å². The minimum absolute atomic E-state index is 0.563. The Labute approximate surface area is 112 Å². The van der Waals surface area contributed by atoms with Crippen molar-refractivity contribution in [3.8, 4) is 11.3 Å². The summed E-state index contributed by atoms with van der Waals surface area (Å²) in [6.07, 6.45) is 0.816. The van der Waals surface area contributed by atoms with Gasteiger partial charge in [-0.3, -0.25) is 4.90 Å². The lowest BCUT2D eigenvalue weighted by molar-refractivity contribution is 0.0676. The van der Waals surface area contributed by atoms with Gasteiger partial charge in [0, 0.05) is 31.3 Å². The average molecular weight is 258 g/mol. The summed E-state index contributed by atoms with van der Waals surface area (Å²) in [6, 6.07) is 11.9. The normalized spacial score (nSPS) is 23.9. The standard InChI is InChI=1S/C15H18N2O2/c1-15(18)7-8-17(11-15)10-13-9-14(19-16-13)12-5-3-2-4-6-12/h2-6,9,18H,7-8,10-11H2,1H3. The van der Waals surface area contributed by atoms with Gasteiger partial charge in [-0.2, -0.15) is 0 Å². The monoisotopic (exact) mass is 258 g/mol. The van der Waals surface area contributed by atoms with E-state index >= 15 is 0 Å². The van der Waals surface area contributed by atoms with Crippen molar-refractivity contribution in [2.24, 2.45) is 0 Å². The van der Waals surface area contributed by atoms with E-state index in [1.165, 1.54) is 0 Å². The molecular weight excluding hydrogens is 240 g/mol. The molecule has 4 nitrogen and oxygen atoms in total. The van der Waals surface area contributed by atoms with Crippen LogP contribution in [0, 0.1) is 0 Å². The molecule has 2 aromatic rings. The zero-order valence-electron chi connectivity index (χ0n) is 11.0. The molecule has 1 aliphatic heterocycles. The summed E-state index contributed by atoms with van der Waals surface area (Å²) < 4.78 is 5.37. The molecule has 0 amide bonds. The maximum Gasteiger partial charge on any atom is 0.167 e. The van der Waals surface area contributed by atoms with Gasteiger partial charge in [0.25, 0.3) is 0 Å². The van der Waals surface area contributed by atoms with Crippen molar-refractivity contribution < 1.29 is 9.63 Å². The fourth-order valence-electron chi connectivity index (χ4n) is 2.53. The summed E-state index contributed by atoms with van der Waals surface area (Å²) in [6.45, 7) is 4.21. The van der Waals surface area contributed by atoms with E-state index in [2.05, 4.69) is 10.1 Å². The fourth-order valence-corrected chi connectivity index (χ4v) is 2.53. The molecule has 1 atom stereocenters. The Hall–Kier alpha value is -1.65. The van der Waals surface area contributed by atoms with Crippen molar-refractivity contribution in [2.45, 2.75) is 25.5 Å². The van der Waals surface area contributed by atoms with Crippen LogP contribution in [0.4, 0.5) is 0 Å². The maximum absolute atomic E-state index is 9.94. The molecular formula is C15H18N2O2. The number of likely N-dealkylation sites (tertiary alicyclic amines) is 1. The lowest BCUT2D eigenvalue weighted by Crippen LogP contribution is -2.29. The van der Waals surface area contributed by atoms with Crippen molar-refractivity contribution in [3.05, 3.63) is 42.1 Å². The molecule has 1 saturated heterocycles. The summed E-state index contributed by atoms with van der Waals surface area (Å²) in [5.41, 5.74) is 1.39. The first-order chi connectivity index (χ1) is 9.12. The largest absolute Gasteiger partial charge is 0.389 e. The summed E-state index contributed by atoms with van der Waals surface area (Å²) in [4.78, 5) is 2.20. The lowest BCUT2D eigenvalue weighted by Gasteiger charge is -2.17. The summed E-state index contributed by atoms with van der Waals surface area (Å²) in [7, 11) is 0. The average Bonchev–Trinajstić information content (AvgIpc) is 2.98. The summed E-state index contributed by atoms with van der Waals surface area (Å²) >= 11 is 0. The first kappa shape index (κ1) is 12.4. The Balaban J connectivity index is 1.69. The van der Waals surface area contributed by atoms with Crippen molar-refractivity contribution in [2.75, 3.05) is 13.1 Å². The quantitative estimate of drug-likeness (QED) is 0.917. The first-order valence-corrected chi connectivity index (χ1v) is 6.58. The molecule has 0 bridgehead atoms. The Morgan fingerprint density at radius 1 is 1.37 bits per heavy atom. The lowest BCUT2D eigenvalue weighted by atomic mass is 10.1. The van der Waals surface area contributed by atoms with Gasteiger partial charge in [-0.15, -0.1) is 0 Å². The molecule has 1 N–H and O–H groups in total. The van der Waals surface area contributed by atoms with Gasteiger partial charge in [0.05, 0.1) is 11.3 Å². The smallest absolute Gasteiger partial charge is 0.167 e. The van der Waals surface area contributed by atoms with Crippen LogP contribution in [0.2, 0.25) is 0 Å². The van der Waals surface area contributed by atoms with Crippen molar-refractivity contribution in [3.63, 3.8) is 0 Å². The zero-order chi connectivity index (χ0) is 13.3. The molecule has 3 rings (SSSR count). The van der Waals surface area contributed by atoms with Crippen molar-refractivity contribution in [1.29, 1.82) is 0 Å². The van der Waals surface area contributed by atoms with Crippen LogP contribution in [0.1, 0.15) is 19.0 Å². The van der Waals surface area contributed by atoms with Gasteiger partial charge in [-0.1, -0.05) is 35.5 Å². The Kier molecular flexibility index (Phi) is 3.12. The highest BCUT2D eigenvalue weighted by atomic mass is 16.5. The predicted molar refractivity (Wildman–Crippen MR) is 72.5 cm³/mol. The first-order valence-electron chi connectivity index (χ1n) is 6.58. The third-order valence-electron chi connectivity index (χ3n) is 3.53. The van der Waals surface area contributed by atoms with Gasteiger partial charge in [0.2, 0.25) is 0 Å². The summed E-state index contributed by atoms with van der Waals surface area (Å²) in [5, 5.41) is 14.0.